The molecule has 0 bridgehead atoms. The molecule has 7 heteroatoms. The van der Waals surface area contributed by atoms with E-state index < -0.39 is 0 Å². The summed E-state index contributed by atoms with van der Waals surface area (Å²) in [7, 11) is 1.83. The predicted molar refractivity (Wildman–Crippen MR) is 91.8 cm³/mol. The molecule has 1 saturated carbocycles. The largest absolute Gasteiger partial charge is 0.348 e. The molecule has 24 heavy (non-hydrogen) atoms. The second kappa shape index (κ2) is 7.92. The Morgan fingerprint density at radius 1 is 1.12 bits per heavy atom. The van der Waals surface area contributed by atoms with Gasteiger partial charge in [0.05, 0.1) is 7.05 Å². The van der Waals surface area contributed by atoms with Crippen LogP contribution in [0.2, 0.25) is 0 Å². The molecule has 1 fully saturated rings. The van der Waals surface area contributed by atoms with Crippen LogP contribution in [0.1, 0.15) is 26.7 Å². The first kappa shape index (κ1) is 17.9. The summed E-state index contributed by atoms with van der Waals surface area (Å²) in [6.07, 6.45) is 2.10. The highest BCUT2D eigenvalue weighted by Crippen LogP contribution is 2.18. The number of anilines is 2. The van der Waals surface area contributed by atoms with Crippen LogP contribution in [0.5, 0.6) is 0 Å². The van der Waals surface area contributed by atoms with Crippen molar-refractivity contribution in [3.63, 3.8) is 0 Å². The Morgan fingerprint density at radius 2 is 1.67 bits per heavy atom. The third-order valence-electron chi connectivity index (χ3n) is 3.99. The molecule has 2 rings (SSSR count). The van der Waals surface area contributed by atoms with Gasteiger partial charge in [-0.05, 0) is 44.0 Å². The molecule has 0 radical (unpaired) electrons. The highest BCUT2D eigenvalue weighted by Gasteiger charge is 2.27. The van der Waals surface area contributed by atoms with Crippen LogP contribution in [0.3, 0.4) is 0 Å². The molecule has 1 aliphatic rings. The van der Waals surface area contributed by atoms with E-state index in [1.54, 1.807) is 31.2 Å². The molecule has 1 aromatic rings. The molecule has 1 aliphatic carbocycles. The molecule has 7 nitrogen and oxygen atoms in total. The maximum absolute atomic E-state index is 12.3. The topological polar surface area (TPSA) is 91.7 Å². The zero-order chi connectivity index (χ0) is 17.7. The molecule has 1 aromatic carbocycles. The quantitative estimate of drug-likeness (QED) is 0.555. The molecule has 0 spiro atoms. The fourth-order valence-corrected chi connectivity index (χ4v) is 2.23. The smallest absolute Gasteiger partial charge is 0.282 e. The first-order valence-electron chi connectivity index (χ1n) is 8.15. The van der Waals surface area contributed by atoms with E-state index in [-0.39, 0.29) is 30.3 Å². The number of nitrogens with one attached hydrogen (secondary N) is 4. The summed E-state index contributed by atoms with van der Waals surface area (Å²) < 4.78 is 0. The SMILES string of the molecule is CC(=O)Nc1ccc(NC(=O)[C@H](C)[NH+](C)CC(=O)NC2CC2)cc1. The lowest BCUT2D eigenvalue weighted by molar-refractivity contribution is -0.885. The van der Waals surface area contributed by atoms with Crippen LogP contribution in [0.15, 0.2) is 24.3 Å². The molecule has 0 aromatic heterocycles. The average Bonchev–Trinajstić information content (AvgIpc) is 3.31. The van der Waals surface area contributed by atoms with Gasteiger partial charge >= 0.3 is 0 Å². The van der Waals surface area contributed by atoms with E-state index in [9.17, 15) is 14.4 Å². The number of benzene rings is 1. The zero-order valence-corrected chi connectivity index (χ0v) is 14.3. The van der Waals surface area contributed by atoms with Gasteiger partial charge in [0.1, 0.15) is 0 Å². The molecule has 0 heterocycles. The average molecular weight is 333 g/mol. The van der Waals surface area contributed by atoms with Crippen LogP contribution >= 0.6 is 0 Å². The van der Waals surface area contributed by atoms with E-state index >= 15 is 0 Å². The van der Waals surface area contributed by atoms with Crippen molar-refractivity contribution in [2.24, 2.45) is 0 Å². The summed E-state index contributed by atoms with van der Waals surface area (Å²) in [5.41, 5.74) is 1.32. The Morgan fingerprint density at radius 3 is 2.17 bits per heavy atom. The molecule has 0 aliphatic heterocycles. The summed E-state index contributed by atoms with van der Waals surface area (Å²) in [6, 6.07) is 6.88. The van der Waals surface area contributed by atoms with Gasteiger partial charge in [-0.15, -0.1) is 0 Å². The van der Waals surface area contributed by atoms with Crippen LogP contribution in [0, 0.1) is 0 Å². The van der Waals surface area contributed by atoms with Crippen molar-refractivity contribution < 1.29 is 19.3 Å². The monoisotopic (exact) mass is 333 g/mol. The van der Waals surface area contributed by atoms with Crippen molar-refractivity contribution in [3.05, 3.63) is 24.3 Å². The second-order valence-corrected chi connectivity index (χ2v) is 6.33. The van der Waals surface area contributed by atoms with E-state index in [0.717, 1.165) is 17.7 Å². The molecular formula is C17H25N4O3+. The van der Waals surface area contributed by atoms with E-state index in [2.05, 4.69) is 16.0 Å². The van der Waals surface area contributed by atoms with Gasteiger partial charge < -0.3 is 20.9 Å². The normalized spacial score (nSPS) is 16.0. The van der Waals surface area contributed by atoms with E-state index in [4.69, 9.17) is 0 Å². The standard InChI is InChI=1S/C17H24N4O3/c1-11(21(3)10-16(23)19-14-6-7-14)17(24)20-15-8-4-13(5-9-15)18-12(2)22/h4-5,8-9,11,14H,6-7,10H2,1-3H3,(H,18,22)(H,19,23)(H,20,24)/p+1/t11-/m0/s1. The summed E-state index contributed by atoms with van der Waals surface area (Å²) in [4.78, 5) is 35.9. The van der Waals surface area contributed by atoms with Gasteiger partial charge in [0.15, 0.2) is 12.6 Å². The van der Waals surface area contributed by atoms with Crippen LogP contribution in [0.4, 0.5) is 11.4 Å². The number of hydrogen-bond acceptors (Lipinski definition) is 3. The molecule has 4 N–H and O–H groups in total. The van der Waals surface area contributed by atoms with Gasteiger partial charge in [-0.2, -0.15) is 0 Å². The first-order valence-corrected chi connectivity index (χ1v) is 8.15. The minimum absolute atomic E-state index is 0.0192. The minimum Gasteiger partial charge on any atom is -0.348 e. The van der Waals surface area contributed by atoms with Gasteiger partial charge in [-0.1, -0.05) is 0 Å². The Hall–Kier alpha value is -2.41. The maximum atomic E-state index is 12.3. The molecule has 1 unspecified atom stereocenters. The minimum atomic E-state index is -0.357. The van der Waals surface area contributed by atoms with Gasteiger partial charge in [-0.3, -0.25) is 14.4 Å². The fourth-order valence-electron chi connectivity index (χ4n) is 2.23. The van der Waals surface area contributed by atoms with Crippen molar-refractivity contribution in [2.45, 2.75) is 38.8 Å². The van der Waals surface area contributed by atoms with Crippen LogP contribution in [-0.2, 0) is 14.4 Å². The van der Waals surface area contributed by atoms with Crippen molar-refractivity contribution in [1.29, 1.82) is 0 Å². The van der Waals surface area contributed by atoms with E-state index in [1.165, 1.54) is 6.92 Å². The Bertz CT molecular complexity index is 611. The zero-order valence-electron chi connectivity index (χ0n) is 14.3. The number of hydrogen-bond donors (Lipinski definition) is 4. The summed E-state index contributed by atoms with van der Waals surface area (Å²) in [5, 5.41) is 8.42. The number of carbonyl (C=O) groups is 3. The van der Waals surface area contributed by atoms with Crippen molar-refractivity contribution in [1.82, 2.24) is 5.32 Å². The van der Waals surface area contributed by atoms with Gasteiger partial charge in [-0.25, -0.2) is 0 Å². The summed E-state index contributed by atoms with van der Waals surface area (Å²) in [5.74, 6) is -0.316. The molecular weight excluding hydrogens is 308 g/mol. The highest BCUT2D eigenvalue weighted by atomic mass is 16.2. The lowest BCUT2D eigenvalue weighted by atomic mass is 10.2. The highest BCUT2D eigenvalue weighted by molar-refractivity contribution is 5.94. The van der Waals surface area contributed by atoms with Crippen molar-refractivity contribution in [3.8, 4) is 0 Å². The Labute approximate surface area is 141 Å². The van der Waals surface area contributed by atoms with Crippen molar-refractivity contribution >= 4 is 29.1 Å². The summed E-state index contributed by atoms with van der Waals surface area (Å²) in [6.45, 7) is 3.50. The molecule has 0 saturated heterocycles. The van der Waals surface area contributed by atoms with E-state index in [1.807, 2.05) is 7.05 Å². The number of likely N-dealkylation sites (N-methyl/N-ethyl adjacent to an activating group) is 1. The lowest BCUT2D eigenvalue weighted by Gasteiger charge is -2.20. The fraction of sp³-hybridized carbons (Fsp3) is 0.471. The third kappa shape index (κ3) is 5.66. The van der Waals surface area contributed by atoms with Crippen LogP contribution in [0.25, 0.3) is 0 Å². The number of carbonyl (C=O) groups excluding carboxylic acids is 3. The van der Waals surface area contributed by atoms with Crippen LogP contribution in [-0.4, -0.2) is 43.4 Å². The van der Waals surface area contributed by atoms with E-state index in [0.29, 0.717) is 17.4 Å². The van der Waals surface area contributed by atoms with Gasteiger partial charge in [0.25, 0.3) is 11.8 Å². The number of rotatable bonds is 7. The van der Waals surface area contributed by atoms with Crippen molar-refractivity contribution in [2.75, 3.05) is 24.2 Å². The maximum Gasteiger partial charge on any atom is 0.282 e. The Balaban J connectivity index is 1.83. The van der Waals surface area contributed by atoms with Gasteiger partial charge in [0.2, 0.25) is 5.91 Å². The third-order valence-corrected chi connectivity index (χ3v) is 3.99. The molecule has 130 valence electrons. The first-order chi connectivity index (χ1) is 11.3. The molecule has 2 atom stereocenters. The second-order valence-electron chi connectivity index (χ2n) is 6.33. The predicted octanol–water partition coefficient (Wildman–Crippen LogP) is -0.235. The summed E-state index contributed by atoms with van der Waals surface area (Å²) >= 11 is 0. The Kier molecular flexibility index (Phi) is 5.92. The number of quaternary nitrogens is 1. The van der Waals surface area contributed by atoms with Crippen LogP contribution < -0.4 is 20.9 Å². The lowest BCUT2D eigenvalue weighted by Crippen LogP contribution is -3.15. The van der Waals surface area contributed by atoms with Gasteiger partial charge in [0, 0.05) is 24.3 Å². The molecule has 3 amide bonds. The number of amides is 3.